The second-order valence-corrected chi connectivity index (χ2v) is 4.18. The van der Waals surface area contributed by atoms with Crippen molar-refractivity contribution in [2.75, 3.05) is 17.2 Å². The Morgan fingerprint density at radius 3 is 2.95 bits per heavy atom. The standard InChI is InChI=1S/C13H13ClN4O/c1-2-16-12-7-9(6-11(14)18-12)13(19)17-10-4-3-5-15-8-10/h3-8H,2H2,1H3,(H,16,18)(H,17,19). The Bertz CT molecular complexity index is 574. The zero-order valence-corrected chi connectivity index (χ0v) is 11.1. The number of pyridine rings is 2. The van der Waals surface area contributed by atoms with Crippen LogP contribution in [0.4, 0.5) is 11.5 Å². The summed E-state index contributed by atoms with van der Waals surface area (Å²) in [4.78, 5) is 20.1. The molecule has 19 heavy (non-hydrogen) atoms. The van der Waals surface area contributed by atoms with Crippen LogP contribution in [0, 0.1) is 0 Å². The number of halogens is 1. The smallest absolute Gasteiger partial charge is 0.255 e. The van der Waals surface area contributed by atoms with Crippen molar-refractivity contribution in [1.29, 1.82) is 0 Å². The van der Waals surface area contributed by atoms with Gasteiger partial charge in [0, 0.05) is 18.3 Å². The highest BCUT2D eigenvalue weighted by atomic mass is 35.5. The number of carbonyl (C=O) groups excluding carboxylic acids is 1. The van der Waals surface area contributed by atoms with Gasteiger partial charge in [-0.3, -0.25) is 9.78 Å². The van der Waals surface area contributed by atoms with Gasteiger partial charge >= 0.3 is 0 Å². The number of rotatable bonds is 4. The molecule has 0 atom stereocenters. The molecule has 0 bridgehead atoms. The predicted molar refractivity (Wildman–Crippen MR) is 75.6 cm³/mol. The molecule has 6 heteroatoms. The van der Waals surface area contributed by atoms with Gasteiger partial charge in [0.15, 0.2) is 0 Å². The molecule has 0 fully saturated rings. The third kappa shape index (κ3) is 3.66. The molecule has 1 amide bonds. The van der Waals surface area contributed by atoms with Crippen molar-refractivity contribution in [3.63, 3.8) is 0 Å². The summed E-state index contributed by atoms with van der Waals surface area (Å²) in [7, 11) is 0. The molecular formula is C13H13ClN4O. The van der Waals surface area contributed by atoms with E-state index >= 15 is 0 Å². The molecular weight excluding hydrogens is 264 g/mol. The third-order valence-electron chi connectivity index (χ3n) is 2.33. The molecule has 0 aliphatic rings. The summed E-state index contributed by atoms with van der Waals surface area (Å²) >= 11 is 5.89. The first-order valence-corrected chi connectivity index (χ1v) is 6.19. The second-order valence-electron chi connectivity index (χ2n) is 3.79. The molecule has 0 aromatic carbocycles. The van der Waals surface area contributed by atoms with E-state index in [4.69, 9.17) is 11.6 Å². The molecule has 0 aliphatic heterocycles. The fourth-order valence-electron chi connectivity index (χ4n) is 1.54. The Balaban J connectivity index is 2.19. The number of aromatic nitrogens is 2. The quantitative estimate of drug-likeness (QED) is 0.843. The summed E-state index contributed by atoms with van der Waals surface area (Å²) in [5.41, 5.74) is 1.07. The largest absolute Gasteiger partial charge is 0.370 e. The summed E-state index contributed by atoms with van der Waals surface area (Å²) in [6.07, 6.45) is 3.22. The molecule has 2 N–H and O–H groups in total. The molecule has 5 nitrogen and oxygen atoms in total. The highest BCUT2D eigenvalue weighted by Gasteiger charge is 2.09. The first kappa shape index (κ1) is 13.3. The van der Waals surface area contributed by atoms with Crippen molar-refractivity contribution in [3.05, 3.63) is 47.4 Å². The summed E-state index contributed by atoms with van der Waals surface area (Å²) in [5.74, 6) is 0.322. The van der Waals surface area contributed by atoms with E-state index in [1.807, 2.05) is 6.92 Å². The van der Waals surface area contributed by atoms with Crippen LogP contribution < -0.4 is 10.6 Å². The molecule has 0 spiro atoms. The SMILES string of the molecule is CCNc1cc(C(=O)Nc2cccnc2)cc(Cl)n1. The number of hydrogen-bond acceptors (Lipinski definition) is 4. The van der Waals surface area contributed by atoms with E-state index in [1.165, 1.54) is 6.07 Å². The predicted octanol–water partition coefficient (Wildman–Crippen LogP) is 2.81. The van der Waals surface area contributed by atoms with E-state index in [-0.39, 0.29) is 11.1 Å². The van der Waals surface area contributed by atoms with Gasteiger partial charge in [-0.2, -0.15) is 0 Å². The van der Waals surface area contributed by atoms with Gasteiger partial charge in [0.2, 0.25) is 0 Å². The zero-order valence-electron chi connectivity index (χ0n) is 10.4. The van der Waals surface area contributed by atoms with Gasteiger partial charge in [0.05, 0.1) is 11.9 Å². The van der Waals surface area contributed by atoms with Crippen molar-refractivity contribution in [1.82, 2.24) is 9.97 Å². The maximum absolute atomic E-state index is 12.1. The van der Waals surface area contributed by atoms with Gasteiger partial charge in [-0.05, 0) is 31.2 Å². The lowest BCUT2D eigenvalue weighted by Crippen LogP contribution is -2.13. The van der Waals surface area contributed by atoms with Gasteiger partial charge in [0.1, 0.15) is 11.0 Å². The number of carbonyl (C=O) groups is 1. The van der Waals surface area contributed by atoms with Crippen molar-refractivity contribution >= 4 is 29.0 Å². The molecule has 2 rings (SSSR count). The first-order valence-electron chi connectivity index (χ1n) is 5.82. The van der Waals surface area contributed by atoms with Crippen molar-refractivity contribution in [3.8, 4) is 0 Å². The molecule has 2 heterocycles. The number of nitrogens with zero attached hydrogens (tertiary/aromatic N) is 2. The van der Waals surface area contributed by atoms with Crippen molar-refractivity contribution in [2.24, 2.45) is 0 Å². The fraction of sp³-hybridized carbons (Fsp3) is 0.154. The minimum atomic E-state index is -0.253. The zero-order chi connectivity index (χ0) is 13.7. The van der Waals surface area contributed by atoms with E-state index in [9.17, 15) is 4.79 Å². The van der Waals surface area contributed by atoms with Crippen LogP contribution in [0.25, 0.3) is 0 Å². The highest BCUT2D eigenvalue weighted by Crippen LogP contribution is 2.16. The van der Waals surface area contributed by atoms with Crippen LogP contribution in [0.1, 0.15) is 17.3 Å². The Kier molecular flexibility index (Phi) is 4.30. The van der Waals surface area contributed by atoms with Crippen molar-refractivity contribution < 1.29 is 4.79 Å². The highest BCUT2D eigenvalue weighted by molar-refractivity contribution is 6.30. The number of anilines is 2. The number of nitrogens with one attached hydrogen (secondary N) is 2. The normalized spacial score (nSPS) is 10.0. The summed E-state index contributed by atoms with van der Waals surface area (Å²) < 4.78 is 0. The van der Waals surface area contributed by atoms with Crippen LogP contribution in [0.5, 0.6) is 0 Å². The molecule has 2 aromatic heterocycles. The minimum absolute atomic E-state index is 0.253. The summed E-state index contributed by atoms with van der Waals surface area (Å²) in [5, 5.41) is 6.03. The Morgan fingerprint density at radius 1 is 1.42 bits per heavy atom. The molecule has 0 aliphatic carbocycles. The van der Waals surface area contributed by atoms with E-state index < -0.39 is 0 Å². The van der Waals surface area contributed by atoms with Gasteiger partial charge in [-0.25, -0.2) is 4.98 Å². The average Bonchev–Trinajstić information content (AvgIpc) is 2.39. The van der Waals surface area contributed by atoms with Crippen LogP contribution >= 0.6 is 11.6 Å². The first-order chi connectivity index (χ1) is 9.19. The van der Waals surface area contributed by atoms with Gasteiger partial charge in [-0.15, -0.1) is 0 Å². The third-order valence-corrected chi connectivity index (χ3v) is 2.53. The minimum Gasteiger partial charge on any atom is -0.370 e. The van der Waals surface area contributed by atoms with Crippen LogP contribution in [-0.4, -0.2) is 22.4 Å². The van der Waals surface area contributed by atoms with E-state index in [1.54, 1.807) is 30.6 Å². The topological polar surface area (TPSA) is 66.9 Å². The molecule has 2 aromatic rings. The van der Waals surface area contributed by atoms with Crippen LogP contribution in [0.15, 0.2) is 36.7 Å². The molecule has 0 saturated heterocycles. The Hall–Kier alpha value is -2.14. The van der Waals surface area contributed by atoms with E-state index in [0.717, 1.165) is 0 Å². The van der Waals surface area contributed by atoms with E-state index in [2.05, 4.69) is 20.6 Å². The lowest BCUT2D eigenvalue weighted by Gasteiger charge is -2.07. The average molecular weight is 277 g/mol. The van der Waals surface area contributed by atoms with Gasteiger partial charge in [0.25, 0.3) is 5.91 Å². The Labute approximate surface area is 116 Å². The summed E-state index contributed by atoms with van der Waals surface area (Å²) in [6.45, 7) is 2.65. The van der Waals surface area contributed by atoms with Crippen molar-refractivity contribution in [2.45, 2.75) is 6.92 Å². The Morgan fingerprint density at radius 2 is 2.26 bits per heavy atom. The molecule has 0 saturated carbocycles. The summed E-state index contributed by atoms with van der Waals surface area (Å²) in [6, 6.07) is 6.69. The van der Waals surface area contributed by atoms with Gasteiger partial charge < -0.3 is 10.6 Å². The lowest BCUT2D eigenvalue weighted by atomic mass is 10.2. The molecule has 98 valence electrons. The molecule has 0 unspecified atom stereocenters. The molecule has 0 radical (unpaired) electrons. The number of amides is 1. The maximum atomic E-state index is 12.1. The lowest BCUT2D eigenvalue weighted by molar-refractivity contribution is 0.102. The van der Waals surface area contributed by atoms with Gasteiger partial charge in [-0.1, -0.05) is 11.6 Å². The fourth-order valence-corrected chi connectivity index (χ4v) is 1.75. The van der Waals surface area contributed by atoms with Crippen LogP contribution in [0.2, 0.25) is 5.15 Å². The van der Waals surface area contributed by atoms with Crippen LogP contribution in [-0.2, 0) is 0 Å². The second kappa shape index (κ2) is 6.15. The monoisotopic (exact) mass is 276 g/mol. The van der Waals surface area contributed by atoms with E-state index in [0.29, 0.717) is 23.6 Å². The maximum Gasteiger partial charge on any atom is 0.255 e. The number of hydrogen-bond donors (Lipinski definition) is 2. The van der Waals surface area contributed by atoms with Crippen LogP contribution in [0.3, 0.4) is 0 Å².